The van der Waals surface area contributed by atoms with E-state index < -0.39 is 0 Å². The maximum Gasteiger partial charge on any atom is 0.185 e. The first-order valence-electron chi connectivity index (χ1n) is 4.64. The molecule has 0 aromatic carbocycles. The number of aromatic nitrogens is 1. The van der Waals surface area contributed by atoms with E-state index >= 15 is 0 Å². The van der Waals surface area contributed by atoms with Crippen LogP contribution in [0.15, 0.2) is 0 Å². The van der Waals surface area contributed by atoms with Crippen LogP contribution in [0.3, 0.4) is 0 Å². The van der Waals surface area contributed by atoms with Crippen LogP contribution < -0.4 is 5.32 Å². The van der Waals surface area contributed by atoms with Crippen LogP contribution in [0.25, 0.3) is 0 Å². The van der Waals surface area contributed by atoms with Gasteiger partial charge in [-0.1, -0.05) is 22.9 Å². The fourth-order valence-electron chi connectivity index (χ4n) is 1.58. The van der Waals surface area contributed by atoms with Gasteiger partial charge < -0.3 is 10.4 Å². The molecule has 0 unspecified atom stereocenters. The molecule has 2 N–H and O–H groups in total. The summed E-state index contributed by atoms with van der Waals surface area (Å²) in [4.78, 5) is 4.44. The third-order valence-electron chi connectivity index (χ3n) is 2.67. The molecular formula is C9H10ClN3OS. The number of thiazole rings is 1. The van der Waals surface area contributed by atoms with Crippen molar-refractivity contribution in [1.29, 1.82) is 5.26 Å². The minimum Gasteiger partial charge on any atom is -0.394 e. The molecule has 0 aliphatic heterocycles. The Kier molecular flexibility index (Phi) is 2.83. The van der Waals surface area contributed by atoms with E-state index in [2.05, 4.69) is 10.3 Å². The van der Waals surface area contributed by atoms with Crippen molar-refractivity contribution in [1.82, 2.24) is 4.98 Å². The van der Waals surface area contributed by atoms with Crippen LogP contribution >= 0.6 is 22.9 Å². The first-order valence-corrected chi connectivity index (χ1v) is 5.84. The predicted octanol–water partition coefficient (Wildman–Crippen LogP) is 2.00. The van der Waals surface area contributed by atoms with Gasteiger partial charge in [-0.3, -0.25) is 0 Å². The number of halogens is 1. The Bertz CT molecular complexity index is 402. The second-order valence-electron chi connectivity index (χ2n) is 3.67. The first kappa shape index (κ1) is 10.7. The van der Waals surface area contributed by atoms with Gasteiger partial charge in [-0.05, 0) is 19.3 Å². The zero-order valence-corrected chi connectivity index (χ0v) is 9.53. The highest BCUT2D eigenvalue weighted by Gasteiger charge is 2.37. The Morgan fingerprint density at radius 3 is 2.80 bits per heavy atom. The van der Waals surface area contributed by atoms with E-state index in [9.17, 15) is 5.11 Å². The van der Waals surface area contributed by atoms with Crippen LogP contribution in [0.4, 0.5) is 5.13 Å². The van der Waals surface area contributed by atoms with Gasteiger partial charge in [0.25, 0.3) is 0 Å². The highest BCUT2D eigenvalue weighted by molar-refractivity contribution is 7.16. The molecule has 1 aliphatic carbocycles. The Morgan fingerprint density at radius 2 is 2.40 bits per heavy atom. The summed E-state index contributed by atoms with van der Waals surface area (Å²) in [5, 5.41) is 22.0. The minimum atomic E-state index is -0.242. The van der Waals surface area contributed by atoms with Gasteiger partial charge in [0.1, 0.15) is 10.9 Å². The summed E-state index contributed by atoms with van der Waals surface area (Å²) < 4.78 is 0. The lowest BCUT2D eigenvalue weighted by Gasteiger charge is -2.40. The van der Waals surface area contributed by atoms with Gasteiger partial charge in [0.2, 0.25) is 0 Å². The van der Waals surface area contributed by atoms with Crippen LogP contribution in [-0.2, 0) is 0 Å². The van der Waals surface area contributed by atoms with E-state index in [4.69, 9.17) is 16.9 Å². The Balaban J connectivity index is 2.14. The lowest BCUT2D eigenvalue weighted by Crippen LogP contribution is -2.48. The largest absolute Gasteiger partial charge is 0.394 e. The molecule has 6 heteroatoms. The van der Waals surface area contributed by atoms with Crippen molar-refractivity contribution in [2.75, 3.05) is 11.9 Å². The molecule has 1 aromatic heterocycles. The predicted molar refractivity (Wildman–Crippen MR) is 59.1 cm³/mol. The normalized spacial score (nSPS) is 17.9. The summed E-state index contributed by atoms with van der Waals surface area (Å²) in [6, 6.07) is 1.98. The van der Waals surface area contributed by atoms with Crippen molar-refractivity contribution in [3.8, 4) is 6.07 Å². The van der Waals surface area contributed by atoms with Gasteiger partial charge in [-0.2, -0.15) is 5.26 Å². The van der Waals surface area contributed by atoms with E-state index in [-0.39, 0.29) is 17.3 Å². The summed E-state index contributed by atoms with van der Waals surface area (Å²) in [6.07, 6.45) is 2.98. The Labute approximate surface area is 96.5 Å². The van der Waals surface area contributed by atoms with E-state index in [1.807, 2.05) is 6.07 Å². The molecule has 0 atom stereocenters. The van der Waals surface area contributed by atoms with Crippen molar-refractivity contribution in [3.05, 3.63) is 10.0 Å². The average Bonchev–Trinajstić information content (AvgIpc) is 2.52. The molecule has 0 amide bonds. The van der Waals surface area contributed by atoms with Crippen LogP contribution in [0.1, 0.15) is 24.1 Å². The molecule has 0 saturated heterocycles. The molecule has 1 aromatic rings. The molecular weight excluding hydrogens is 234 g/mol. The van der Waals surface area contributed by atoms with Crippen LogP contribution in [0.5, 0.6) is 0 Å². The zero-order valence-electron chi connectivity index (χ0n) is 7.96. The molecule has 0 spiro atoms. The minimum absolute atomic E-state index is 0.0894. The quantitative estimate of drug-likeness (QED) is 0.852. The number of hydrogen-bond donors (Lipinski definition) is 2. The standard InChI is InChI=1S/C9H10ClN3OS/c10-7-6(4-11)15-8(12-7)13-9(5-14)2-1-3-9/h14H,1-3,5H2,(H,12,13). The summed E-state index contributed by atoms with van der Waals surface area (Å²) in [7, 11) is 0. The number of anilines is 1. The summed E-state index contributed by atoms with van der Waals surface area (Å²) in [6.45, 7) is 0.0894. The molecule has 4 nitrogen and oxygen atoms in total. The smallest absolute Gasteiger partial charge is 0.185 e. The molecule has 15 heavy (non-hydrogen) atoms. The lowest BCUT2D eigenvalue weighted by molar-refractivity contribution is 0.144. The fourth-order valence-corrected chi connectivity index (χ4v) is 2.64. The molecule has 0 bridgehead atoms. The van der Waals surface area contributed by atoms with E-state index in [0.717, 1.165) is 19.3 Å². The van der Waals surface area contributed by atoms with Gasteiger partial charge in [-0.25, -0.2) is 4.98 Å². The van der Waals surface area contributed by atoms with Crippen molar-refractivity contribution < 1.29 is 5.11 Å². The third kappa shape index (κ3) is 1.93. The van der Waals surface area contributed by atoms with Crippen LogP contribution in [0.2, 0.25) is 5.15 Å². The van der Waals surface area contributed by atoms with Gasteiger partial charge in [0.15, 0.2) is 10.3 Å². The maximum atomic E-state index is 9.25. The molecule has 1 saturated carbocycles. The van der Waals surface area contributed by atoms with Gasteiger partial charge in [-0.15, -0.1) is 0 Å². The number of nitrogens with zero attached hydrogens (tertiary/aromatic N) is 2. The van der Waals surface area contributed by atoms with Crippen molar-refractivity contribution >= 4 is 28.1 Å². The van der Waals surface area contributed by atoms with E-state index in [0.29, 0.717) is 10.0 Å². The molecule has 80 valence electrons. The topological polar surface area (TPSA) is 68.9 Å². The Hall–Kier alpha value is -0.830. The molecule has 0 radical (unpaired) electrons. The Morgan fingerprint density at radius 1 is 1.67 bits per heavy atom. The number of nitriles is 1. The second kappa shape index (κ2) is 3.97. The highest BCUT2D eigenvalue weighted by Crippen LogP contribution is 2.37. The van der Waals surface area contributed by atoms with Crippen molar-refractivity contribution in [2.45, 2.75) is 24.8 Å². The van der Waals surface area contributed by atoms with E-state index in [1.54, 1.807) is 0 Å². The van der Waals surface area contributed by atoms with Crippen molar-refractivity contribution in [3.63, 3.8) is 0 Å². The third-order valence-corrected chi connectivity index (χ3v) is 3.93. The number of aliphatic hydroxyl groups is 1. The van der Waals surface area contributed by atoms with Gasteiger partial charge in [0, 0.05) is 0 Å². The molecule has 1 heterocycles. The first-order chi connectivity index (χ1) is 7.19. The fraction of sp³-hybridized carbons (Fsp3) is 0.556. The lowest BCUT2D eigenvalue weighted by atomic mass is 9.77. The molecule has 2 rings (SSSR count). The highest BCUT2D eigenvalue weighted by atomic mass is 35.5. The molecule has 1 aliphatic rings. The monoisotopic (exact) mass is 243 g/mol. The summed E-state index contributed by atoms with van der Waals surface area (Å²) in [5.74, 6) is 0. The maximum absolute atomic E-state index is 9.25. The average molecular weight is 244 g/mol. The van der Waals surface area contributed by atoms with Gasteiger partial charge >= 0.3 is 0 Å². The second-order valence-corrected chi connectivity index (χ2v) is 5.02. The summed E-state index contributed by atoms with van der Waals surface area (Å²) in [5.41, 5.74) is -0.242. The number of aliphatic hydroxyl groups excluding tert-OH is 1. The van der Waals surface area contributed by atoms with Crippen LogP contribution in [0, 0.1) is 11.3 Å². The summed E-state index contributed by atoms with van der Waals surface area (Å²) >= 11 is 6.98. The zero-order chi connectivity index (χ0) is 10.9. The SMILES string of the molecule is N#Cc1sc(NC2(CO)CCC2)nc1Cl. The number of hydrogen-bond acceptors (Lipinski definition) is 5. The van der Waals surface area contributed by atoms with Crippen molar-refractivity contribution in [2.24, 2.45) is 0 Å². The molecule has 1 fully saturated rings. The number of rotatable bonds is 3. The number of nitrogens with one attached hydrogen (secondary N) is 1. The van der Waals surface area contributed by atoms with Gasteiger partial charge in [0.05, 0.1) is 12.1 Å². The van der Waals surface area contributed by atoms with Crippen LogP contribution in [-0.4, -0.2) is 22.2 Å². The van der Waals surface area contributed by atoms with E-state index in [1.165, 1.54) is 11.3 Å².